The lowest BCUT2D eigenvalue weighted by molar-refractivity contribution is 0.495. The summed E-state index contributed by atoms with van der Waals surface area (Å²) in [4.78, 5) is 0. The molecule has 1 unspecified atom stereocenters. The van der Waals surface area contributed by atoms with Gasteiger partial charge in [-0.05, 0) is 13.3 Å². The summed E-state index contributed by atoms with van der Waals surface area (Å²) in [6, 6.07) is 1.39. The minimum atomic E-state index is -1.17. The molecule has 0 heterocycles. The van der Waals surface area contributed by atoms with Gasteiger partial charge in [0.25, 0.3) is 0 Å². The average molecular weight is 203 g/mol. The van der Waals surface area contributed by atoms with Crippen molar-refractivity contribution >= 4 is 5.69 Å². The number of hydrogen-bond acceptors (Lipinski definition) is 1. The summed E-state index contributed by atoms with van der Waals surface area (Å²) in [6.45, 7) is 3.75. The molecule has 78 valence electrons. The molecule has 0 fully saturated rings. The van der Waals surface area contributed by atoms with E-state index in [1.165, 1.54) is 0 Å². The van der Waals surface area contributed by atoms with Crippen LogP contribution in [0, 0.1) is 17.5 Å². The molecule has 0 amide bonds. The first-order valence-corrected chi connectivity index (χ1v) is 4.45. The fraction of sp³-hybridized carbons (Fsp3) is 0.400. The van der Waals surface area contributed by atoms with Gasteiger partial charge in [0.05, 0.1) is 5.69 Å². The zero-order valence-corrected chi connectivity index (χ0v) is 8.07. The molecule has 0 saturated carbocycles. The normalized spacial score (nSPS) is 12.6. The van der Waals surface area contributed by atoms with Crippen LogP contribution >= 0.6 is 0 Å². The minimum absolute atomic E-state index is 0.00162. The Morgan fingerprint density at radius 1 is 1.14 bits per heavy atom. The third kappa shape index (κ3) is 2.40. The predicted molar refractivity (Wildman–Crippen MR) is 49.7 cm³/mol. The molecule has 0 aliphatic carbocycles. The van der Waals surface area contributed by atoms with Crippen molar-refractivity contribution in [3.63, 3.8) is 0 Å². The second-order valence-electron chi connectivity index (χ2n) is 3.20. The van der Waals surface area contributed by atoms with Gasteiger partial charge >= 0.3 is 0 Å². The maximum absolute atomic E-state index is 13.1. The van der Waals surface area contributed by atoms with Crippen molar-refractivity contribution in [3.8, 4) is 0 Å². The second-order valence-corrected chi connectivity index (χ2v) is 3.20. The monoisotopic (exact) mass is 203 g/mol. The summed E-state index contributed by atoms with van der Waals surface area (Å²) in [7, 11) is 0. The standard InChI is InChI=1S/C10H12F3N/c1-3-6(2)14-10-5-8(12)7(11)4-9(10)13/h4-6,14H,3H2,1-2H3. The smallest absolute Gasteiger partial charge is 0.161 e. The average Bonchev–Trinajstić information content (AvgIpc) is 2.14. The number of anilines is 1. The van der Waals surface area contributed by atoms with Crippen molar-refractivity contribution < 1.29 is 13.2 Å². The zero-order chi connectivity index (χ0) is 10.7. The summed E-state index contributed by atoms with van der Waals surface area (Å²) in [5.74, 6) is -2.99. The van der Waals surface area contributed by atoms with Gasteiger partial charge in [-0.25, -0.2) is 13.2 Å². The molecule has 0 aromatic heterocycles. The Balaban J connectivity index is 2.92. The highest BCUT2D eigenvalue weighted by molar-refractivity contribution is 5.45. The van der Waals surface area contributed by atoms with Gasteiger partial charge in [0, 0.05) is 18.2 Å². The number of hydrogen-bond donors (Lipinski definition) is 1. The first-order valence-electron chi connectivity index (χ1n) is 4.45. The largest absolute Gasteiger partial charge is 0.380 e. The lowest BCUT2D eigenvalue weighted by Gasteiger charge is -2.13. The van der Waals surface area contributed by atoms with Crippen LogP contribution in [0.5, 0.6) is 0 Å². The SMILES string of the molecule is CCC(C)Nc1cc(F)c(F)cc1F. The van der Waals surface area contributed by atoms with Crippen LogP contribution in [0.25, 0.3) is 0 Å². The van der Waals surface area contributed by atoms with E-state index in [1.54, 1.807) is 0 Å². The summed E-state index contributed by atoms with van der Waals surface area (Å²) in [6.07, 6.45) is 0.776. The first kappa shape index (κ1) is 10.9. The lowest BCUT2D eigenvalue weighted by atomic mass is 10.2. The van der Waals surface area contributed by atoms with E-state index in [4.69, 9.17) is 0 Å². The topological polar surface area (TPSA) is 12.0 Å². The fourth-order valence-corrected chi connectivity index (χ4v) is 1.00. The van der Waals surface area contributed by atoms with Crippen LogP contribution in [0.2, 0.25) is 0 Å². The van der Waals surface area contributed by atoms with Crippen molar-refractivity contribution in [1.29, 1.82) is 0 Å². The van der Waals surface area contributed by atoms with E-state index in [9.17, 15) is 13.2 Å². The molecule has 1 atom stereocenters. The Kier molecular flexibility index (Phi) is 3.38. The van der Waals surface area contributed by atoms with Crippen molar-refractivity contribution in [2.24, 2.45) is 0 Å². The van der Waals surface area contributed by atoms with E-state index in [-0.39, 0.29) is 11.7 Å². The lowest BCUT2D eigenvalue weighted by Crippen LogP contribution is -2.14. The van der Waals surface area contributed by atoms with Gasteiger partial charge in [-0.15, -0.1) is 0 Å². The molecule has 0 aliphatic rings. The quantitative estimate of drug-likeness (QED) is 0.743. The third-order valence-electron chi connectivity index (χ3n) is 2.02. The van der Waals surface area contributed by atoms with Gasteiger partial charge in [0.1, 0.15) is 5.82 Å². The van der Waals surface area contributed by atoms with Gasteiger partial charge in [-0.3, -0.25) is 0 Å². The molecule has 1 rings (SSSR count). The molecule has 0 spiro atoms. The van der Waals surface area contributed by atoms with Gasteiger partial charge in [-0.2, -0.15) is 0 Å². The van der Waals surface area contributed by atoms with Crippen LogP contribution in [0.15, 0.2) is 12.1 Å². The van der Waals surface area contributed by atoms with E-state index in [1.807, 2.05) is 13.8 Å². The Morgan fingerprint density at radius 2 is 1.71 bits per heavy atom. The Hall–Kier alpha value is -1.19. The molecule has 0 saturated heterocycles. The summed E-state index contributed by atoms with van der Waals surface area (Å²) in [5.41, 5.74) is -0.00162. The molecule has 4 heteroatoms. The van der Waals surface area contributed by atoms with E-state index in [2.05, 4.69) is 5.32 Å². The maximum Gasteiger partial charge on any atom is 0.161 e. The molecule has 1 aromatic carbocycles. The summed E-state index contributed by atoms with van der Waals surface area (Å²) < 4.78 is 38.3. The van der Waals surface area contributed by atoms with Crippen LogP contribution in [0.1, 0.15) is 20.3 Å². The van der Waals surface area contributed by atoms with Crippen LogP contribution < -0.4 is 5.32 Å². The van der Waals surface area contributed by atoms with Crippen molar-refractivity contribution in [1.82, 2.24) is 0 Å². The molecular weight excluding hydrogens is 191 g/mol. The van der Waals surface area contributed by atoms with Crippen LogP contribution in [0.3, 0.4) is 0 Å². The number of halogens is 3. The van der Waals surface area contributed by atoms with Crippen LogP contribution in [-0.2, 0) is 0 Å². The molecule has 1 nitrogen and oxygen atoms in total. The molecular formula is C10H12F3N. The minimum Gasteiger partial charge on any atom is -0.380 e. The van der Waals surface area contributed by atoms with Gasteiger partial charge in [0.15, 0.2) is 11.6 Å². The van der Waals surface area contributed by atoms with Crippen LogP contribution in [0.4, 0.5) is 18.9 Å². The maximum atomic E-state index is 13.1. The first-order chi connectivity index (χ1) is 6.54. The van der Waals surface area contributed by atoms with E-state index in [0.717, 1.165) is 12.5 Å². The molecule has 0 radical (unpaired) electrons. The van der Waals surface area contributed by atoms with Gasteiger partial charge < -0.3 is 5.32 Å². The van der Waals surface area contributed by atoms with Crippen molar-refractivity contribution in [3.05, 3.63) is 29.6 Å². The fourth-order valence-electron chi connectivity index (χ4n) is 1.00. The van der Waals surface area contributed by atoms with Crippen molar-refractivity contribution in [2.75, 3.05) is 5.32 Å². The zero-order valence-electron chi connectivity index (χ0n) is 8.07. The van der Waals surface area contributed by atoms with Crippen LogP contribution in [-0.4, -0.2) is 6.04 Å². The summed E-state index contributed by atoms with van der Waals surface area (Å²) >= 11 is 0. The predicted octanol–water partition coefficient (Wildman–Crippen LogP) is 3.31. The Bertz CT molecular complexity index is 325. The molecule has 0 aliphatic heterocycles. The summed E-state index contributed by atoms with van der Waals surface area (Å²) in [5, 5.41) is 2.75. The second kappa shape index (κ2) is 4.35. The third-order valence-corrected chi connectivity index (χ3v) is 2.02. The highest BCUT2D eigenvalue weighted by Crippen LogP contribution is 2.19. The molecule has 14 heavy (non-hydrogen) atoms. The van der Waals surface area contributed by atoms with E-state index in [0.29, 0.717) is 6.07 Å². The Labute approximate surface area is 80.9 Å². The van der Waals surface area contributed by atoms with Gasteiger partial charge in [-0.1, -0.05) is 6.92 Å². The van der Waals surface area contributed by atoms with E-state index < -0.39 is 17.5 Å². The molecule has 1 aromatic rings. The van der Waals surface area contributed by atoms with E-state index >= 15 is 0 Å². The molecule has 0 bridgehead atoms. The number of benzene rings is 1. The van der Waals surface area contributed by atoms with Gasteiger partial charge in [0.2, 0.25) is 0 Å². The highest BCUT2D eigenvalue weighted by atomic mass is 19.2. The number of nitrogens with one attached hydrogen (secondary N) is 1. The highest BCUT2D eigenvalue weighted by Gasteiger charge is 2.10. The molecule has 1 N–H and O–H groups in total. The van der Waals surface area contributed by atoms with Crippen molar-refractivity contribution in [2.45, 2.75) is 26.3 Å². The Morgan fingerprint density at radius 3 is 2.29 bits per heavy atom. The number of rotatable bonds is 3.